The van der Waals surface area contributed by atoms with Crippen molar-refractivity contribution in [2.45, 2.75) is 0 Å². The number of hydrogen-bond acceptors (Lipinski definition) is 8. The summed E-state index contributed by atoms with van der Waals surface area (Å²) in [6.45, 7) is 0. The molecule has 1 aromatic heterocycles. The first kappa shape index (κ1) is 22.3. The van der Waals surface area contributed by atoms with E-state index >= 15 is 0 Å². The first-order chi connectivity index (χ1) is 16.0. The Hall–Kier alpha value is -3.89. The van der Waals surface area contributed by atoms with E-state index in [4.69, 9.17) is 4.74 Å². The lowest BCUT2D eigenvalue weighted by molar-refractivity contribution is -0.384. The Labute approximate surface area is 200 Å². The zero-order valence-corrected chi connectivity index (χ0v) is 19.2. The fourth-order valence-corrected chi connectivity index (χ4v) is 3.71. The number of aromatic nitrogens is 1. The van der Waals surface area contributed by atoms with E-state index in [0.717, 1.165) is 21.3 Å². The van der Waals surface area contributed by atoms with Crippen LogP contribution in [0, 0.1) is 10.1 Å². The van der Waals surface area contributed by atoms with Gasteiger partial charge in [0.25, 0.3) is 5.69 Å². The molecule has 8 nitrogen and oxygen atoms in total. The second-order valence-corrected chi connectivity index (χ2v) is 8.45. The molecule has 4 rings (SSSR count). The smallest absolute Gasteiger partial charge is 0.343 e. The molecule has 0 spiro atoms. The van der Waals surface area contributed by atoms with E-state index in [1.54, 1.807) is 30.5 Å². The van der Waals surface area contributed by atoms with Crippen molar-refractivity contribution in [3.63, 3.8) is 0 Å². The van der Waals surface area contributed by atoms with Crippen molar-refractivity contribution in [3.05, 3.63) is 104 Å². The van der Waals surface area contributed by atoms with Gasteiger partial charge in [0.15, 0.2) is 0 Å². The molecule has 3 aromatic carbocycles. The minimum absolute atomic E-state index is 0.102. The highest BCUT2D eigenvalue weighted by Gasteiger charge is 2.13. The first-order valence-electron chi connectivity index (χ1n) is 9.55. The zero-order valence-electron chi connectivity index (χ0n) is 16.8. The quantitative estimate of drug-likeness (QED) is 0.102. The van der Waals surface area contributed by atoms with Gasteiger partial charge in [0.2, 0.25) is 5.13 Å². The summed E-state index contributed by atoms with van der Waals surface area (Å²) in [6.07, 6.45) is 1.62. The van der Waals surface area contributed by atoms with Crippen molar-refractivity contribution in [2.75, 3.05) is 5.43 Å². The van der Waals surface area contributed by atoms with Crippen molar-refractivity contribution < 1.29 is 14.5 Å². The lowest BCUT2D eigenvalue weighted by atomic mass is 10.2. The molecule has 0 aliphatic carbocycles. The number of nitro benzene ring substituents is 1. The molecular formula is C23H15BrN4O4S. The van der Waals surface area contributed by atoms with E-state index in [1.165, 1.54) is 35.6 Å². The van der Waals surface area contributed by atoms with Gasteiger partial charge in [-0.05, 0) is 48.0 Å². The third-order valence-electron chi connectivity index (χ3n) is 4.40. The van der Waals surface area contributed by atoms with Crippen LogP contribution in [-0.4, -0.2) is 22.1 Å². The van der Waals surface area contributed by atoms with Gasteiger partial charge in [-0.2, -0.15) is 5.10 Å². The summed E-state index contributed by atoms with van der Waals surface area (Å²) in [4.78, 5) is 27.0. The van der Waals surface area contributed by atoms with Crippen LogP contribution in [0.5, 0.6) is 5.75 Å². The Morgan fingerprint density at radius 3 is 2.61 bits per heavy atom. The van der Waals surface area contributed by atoms with E-state index in [0.29, 0.717) is 10.9 Å². The van der Waals surface area contributed by atoms with Gasteiger partial charge in [-0.3, -0.25) is 15.5 Å². The zero-order chi connectivity index (χ0) is 23.2. The summed E-state index contributed by atoms with van der Waals surface area (Å²) < 4.78 is 6.29. The molecule has 0 aliphatic heterocycles. The molecule has 10 heteroatoms. The Morgan fingerprint density at radius 1 is 1.12 bits per heavy atom. The standard InChI is InChI=1S/C23H15BrN4O4S/c24-18-8-6-16(7-9-18)21-14-33-23(26-21)27-25-13-15-4-10-20(11-5-15)32-22(29)17-2-1-3-19(12-17)28(30)31/h1-14H,(H,26,27)/b25-13+. The molecule has 0 fully saturated rings. The maximum absolute atomic E-state index is 12.2. The Morgan fingerprint density at radius 2 is 1.88 bits per heavy atom. The van der Waals surface area contributed by atoms with E-state index < -0.39 is 10.9 Å². The molecule has 0 unspecified atom stereocenters. The number of rotatable bonds is 7. The van der Waals surface area contributed by atoms with Gasteiger partial charge in [-0.25, -0.2) is 9.78 Å². The van der Waals surface area contributed by atoms with Gasteiger partial charge < -0.3 is 4.74 Å². The van der Waals surface area contributed by atoms with Gasteiger partial charge in [0.05, 0.1) is 22.4 Å². The lowest BCUT2D eigenvalue weighted by Crippen LogP contribution is -2.08. The van der Waals surface area contributed by atoms with Crippen molar-refractivity contribution in [3.8, 4) is 17.0 Å². The maximum atomic E-state index is 12.2. The topological polar surface area (TPSA) is 107 Å². The van der Waals surface area contributed by atoms with Gasteiger partial charge in [-0.1, -0.05) is 34.1 Å². The van der Waals surface area contributed by atoms with Crippen molar-refractivity contribution in [1.82, 2.24) is 4.98 Å². The molecule has 0 radical (unpaired) electrons. The molecule has 0 amide bonds. The SMILES string of the molecule is O=C(Oc1ccc(/C=N/Nc2nc(-c3ccc(Br)cc3)cs2)cc1)c1cccc([N+](=O)[O-])c1. The Balaban J connectivity index is 1.34. The average Bonchev–Trinajstić information content (AvgIpc) is 3.29. The number of hydrogen-bond donors (Lipinski definition) is 1. The number of ether oxygens (including phenoxy) is 1. The van der Waals surface area contributed by atoms with Crippen LogP contribution in [0.3, 0.4) is 0 Å². The van der Waals surface area contributed by atoms with Crippen LogP contribution in [0.4, 0.5) is 10.8 Å². The molecular weight excluding hydrogens is 508 g/mol. The number of hydrazone groups is 1. The molecule has 1 heterocycles. The number of halogens is 1. The first-order valence-corrected chi connectivity index (χ1v) is 11.2. The Kier molecular flexibility index (Phi) is 6.86. The number of anilines is 1. The fraction of sp³-hybridized carbons (Fsp3) is 0. The number of benzene rings is 3. The van der Waals surface area contributed by atoms with E-state index in [1.807, 2.05) is 29.6 Å². The number of esters is 1. The van der Waals surface area contributed by atoms with E-state index in [-0.39, 0.29) is 11.3 Å². The third kappa shape index (κ3) is 5.88. The highest BCUT2D eigenvalue weighted by atomic mass is 79.9. The molecule has 0 saturated heterocycles. The lowest BCUT2D eigenvalue weighted by Gasteiger charge is -2.04. The highest BCUT2D eigenvalue weighted by molar-refractivity contribution is 9.10. The molecule has 0 aliphatic rings. The van der Waals surface area contributed by atoms with Crippen LogP contribution in [0.25, 0.3) is 11.3 Å². The van der Waals surface area contributed by atoms with Crippen LogP contribution < -0.4 is 10.2 Å². The fourth-order valence-electron chi connectivity index (χ4n) is 2.77. The molecule has 164 valence electrons. The second kappa shape index (κ2) is 10.2. The van der Waals surface area contributed by atoms with Crippen LogP contribution in [-0.2, 0) is 0 Å². The summed E-state index contributed by atoms with van der Waals surface area (Å²) in [5, 5.41) is 17.7. The van der Waals surface area contributed by atoms with Crippen LogP contribution in [0.1, 0.15) is 15.9 Å². The predicted molar refractivity (Wildman–Crippen MR) is 131 cm³/mol. The van der Waals surface area contributed by atoms with E-state index in [2.05, 4.69) is 31.4 Å². The van der Waals surface area contributed by atoms with Crippen LogP contribution >= 0.6 is 27.3 Å². The number of thiazole rings is 1. The summed E-state index contributed by atoms with van der Waals surface area (Å²) in [5.74, 6) is -0.359. The number of nitrogens with zero attached hydrogens (tertiary/aromatic N) is 3. The predicted octanol–water partition coefficient (Wildman–Crippen LogP) is 6.15. The molecule has 0 saturated carbocycles. The van der Waals surface area contributed by atoms with Gasteiger partial charge >= 0.3 is 5.97 Å². The summed E-state index contributed by atoms with van der Waals surface area (Å²) in [6, 6.07) is 20.0. The van der Waals surface area contributed by atoms with Gasteiger partial charge in [0.1, 0.15) is 5.75 Å². The Bertz CT molecular complexity index is 1320. The van der Waals surface area contributed by atoms with Crippen molar-refractivity contribution in [1.29, 1.82) is 0 Å². The molecule has 33 heavy (non-hydrogen) atoms. The minimum atomic E-state index is -0.674. The summed E-state index contributed by atoms with van der Waals surface area (Å²) >= 11 is 4.86. The summed E-state index contributed by atoms with van der Waals surface area (Å²) in [5.41, 5.74) is 5.49. The normalized spacial score (nSPS) is 10.8. The molecule has 0 bridgehead atoms. The molecule has 1 N–H and O–H groups in total. The van der Waals surface area contributed by atoms with Crippen LogP contribution in [0.15, 0.2) is 87.8 Å². The average molecular weight is 523 g/mol. The highest BCUT2D eigenvalue weighted by Crippen LogP contribution is 2.26. The monoisotopic (exact) mass is 522 g/mol. The van der Waals surface area contributed by atoms with Crippen molar-refractivity contribution in [2.24, 2.45) is 5.10 Å². The largest absolute Gasteiger partial charge is 0.423 e. The number of carbonyl (C=O) groups is 1. The number of carbonyl (C=O) groups excluding carboxylic acids is 1. The summed E-state index contributed by atoms with van der Waals surface area (Å²) in [7, 11) is 0. The third-order valence-corrected chi connectivity index (χ3v) is 5.68. The second-order valence-electron chi connectivity index (χ2n) is 6.68. The van der Waals surface area contributed by atoms with Crippen LogP contribution in [0.2, 0.25) is 0 Å². The molecule has 0 atom stereocenters. The van der Waals surface area contributed by atoms with Crippen molar-refractivity contribution >= 4 is 50.3 Å². The molecule has 4 aromatic rings. The minimum Gasteiger partial charge on any atom is -0.423 e. The number of nitro groups is 1. The number of non-ortho nitro benzene ring substituents is 1. The van der Waals surface area contributed by atoms with Gasteiger partial charge in [0, 0.05) is 27.5 Å². The maximum Gasteiger partial charge on any atom is 0.343 e. The van der Waals surface area contributed by atoms with Gasteiger partial charge in [-0.15, -0.1) is 11.3 Å². The van der Waals surface area contributed by atoms with E-state index in [9.17, 15) is 14.9 Å². The number of nitrogens with one attached hydrogen (secondary N) is 1.